The molecule has 0 saturated carbocycles. The van der Waals surface area contributed by atoms with Gasteiger partial charge in [0.15, 0.2) is 0 Å². The summed E-state index contributed by atoms with van der Waals surface area (Å²) in [7, 11) is 1.75. The van der Waals surface area contributed by atoms with Crippen molar-refractivity contribution in [1.82, 2.24) is 15.1 Å². The predicted octanol–water partition coefficient (Wildman–Crippen LogP) is 3.97. The molecule has 0 atom stereocenters. The van der Waals surface area contributed by atoms with E-state index in [0.29, 0.717) is 4.91 Å². The van der Waals surface area contributed by atoms with Crippen LogP contribution >= 0.6 is 11.8 Å². The molecule has 1 amide bonds. The molecule has 0 radical (unpaired) electrons. The molecule has 0 unspecified atom stereocenters. The van der Waals surface area contributed by atoms with Crippen molar-refractivity contribution in [2.24, 2.45) is 12.0 Å². The maximum Gasteiger partial charge on any atom is 0.416 e. The number of hydrogen-bond donors (Lipinski definition) is 1. The molecule has 0 bridgehead atoms. The van der Waals surface area contributed by atoms with Crippen LogP contribution in [0.4, 0.5) is 23.7 Å². The summed E-state index contributed by atoms with van der Waals surface area (Å²) in [6.45, 7) is 0. The quantitative estimate of drug-likeness (QED) is 0.890. The number of nitrogens with zero attached hydrogens (tertiary/aromatic N) is 3. The van der Waals surface area contributed by atoms with Crippen molar-refractivity contribution < 1.29 is 18.0 Å². The molecule has 124 valence electrons. The Morgan fingerprint density at radius 3 is 2.83 bits per heavy atom. The highest BCUT2D eigenvalue weighted by molar-refractivity contribution is 8.18. The lowest BCUT2D eigenvalue weighted by Crippen LogP contribution is -2.18. The minimum Gasteiger partial charge on any atom is -0.300 e. The van der Waals surface area contributed by atoms with Crippen molar-refractivity contribution in [1.29, 1.82) is 0 Å². The van der Waals surface area contributed by atoms with Gasteiger partial charge in [-0.2, -0.15) is 18.3 Å². The highest BCUT2D eigenvalue weighted by atomic mass is 32.2. The van der Waals surface area contributed by atoms with Gasteiger partial charge in [-0.1, -0.05) is 6.07 Å². The van der Waals surface area contributed by atoms with E-state index in [4.69, 9.17) is 0 Å². The first-order chi connectivity index (χ1) is 11.3. The van der Waals surface area contributed by atoms with E-state index >= 15 is 0 Å². The van der Waals surface area contributed by atoms with E-state index in [2.05, 4.69) is 15.4 Å². The summed E-state index contributed by atoms with van der Waals surface area (Å²) in [5, 5.41) is 6.22. The summed E-state index contributed by atoms with van der Waals surface area (Å²) >= 11 is 0.928. The van der Waals surface area contributed by atoms with Crippen molar-refractivity contribution in [3.63, 3.8) is 0 Å². The summed E-state index contributed by atoms with van der Waals surface area (Å²) in [6.07, 6.45) is 0.608. The van der Waals surface area contributed by atoms with E-state index in [1.807, 2.05) is 0 Å². The molecule has 2 heterocycles. The Kier molecular flexibility index (Phi) is 4.18. The number of aryl methyl sites for hydroxylation is 1. The van der Waals surface area contributed by atoms with Gasteiger partial charge in [0.1, 0.15) is 5.84 Å². The highest BCUT2D eigenvalue weighted by Gasteiger charge is 2.30. The summed E-state index contributed by atoms with van der Waals surface area (Å²) in [4.78, 5) is 16.3. The number of halogens is 3. The number of amidine groups is 1. The van der Waals surface area contributed by atoms with E-state index in [0.717, 1.165) is 29.5 Å². The van der Waals surface area contributed by atoms with Gasteiger partial charge in [0.25, 0.3) is 5.24 Å². The number of nitrogens with one attached hydrogen (secondary N) is 1. The monoisotopic (exact) mass is 352 g/mol. The summed E-state index contributed by atoms with van der Waals surface area (Å²) in [5.74, 6) is 0.216. The van der Waals surface area contributed by atoms with Crippen LogP contribution in [0.2, 0.25) is 0 Å². The fourth-order valence-electron chi connectivity index (χ4n) is 2.06. The van der Waals surface area contributed by atoms with Gasteiger partial charge in [0.2, 0.25) is 0 Å². The molecule has 1 fully saturated rings. The zero-order valence-corrected chi connectivity index (χ0v) is 13.1. The molecule has 9 heteroatoms. The normalized spacial score (nSPS) is 18.4. The van der Waals surface area contributed by atoms with Crippen molar-refractivity contribution >= 4 is 34.6 Å². The number of aromatic nitrogens is 2. The van der Waals surface area contributed by atoms with Crippen LogP contribution in [0.3, 0.4) is 0 Å². The topological polar surface area (TPSA) is 59.3 Å². The SMILES string of the molecule is Cn1cc(/C=C2/SC(=O)NC2=Nc2cccc(C(F)(F)F)c2)cn1. The molecular weight excluding hydrogens is 341 g/mol. The van der Waals surface area contributed by atoms with Gasteiger partial charge in [-0.25, -0.2) is 4.99 Å². The van der Waals surface area contributed by atoms with Crippen LogP contribution < -0.4 is 5.32 Å². The molecule has 1 N–H and O–H groups in total. The van der Waals surface area contributed by atoms with Gasteiger partial charge < -0.3 is 5.32 Å². The fourth-order valence-corrected chi connectivity index (χ4v) is 2.80. The zero-order chi connectivity index (χ0) is 17.3. The van der Waals surface area contributed by atoms with E-state index in [-0.39, 0.29) is 16.8 Å². The molecule has 0 spiro atoms. The molecule has 0 aliphatic carbocycles. The van der Waals surface area contributed by atoms with Crippen molar-refractivity contribution in [2.45, 2.75) is 6.18 Å². The van der Waals surface area contributed by atoms with Gasteiger partial charge in [0, 0.05) is 18.8 Å². The van der Waals surface area contributed by atoms with Crippen LogP contribution in [-0.2, 0) is 13.2 Å². The molecule has 1 aliphatic rings. The zero-order valence-electron chi connectivity index (χ0n) is 12.3. The first kappa shape index (κ1) is 16.3. The first-order valence-electron chi connectivity index (χ1n) is 6.77. The molecule has 3 rings (SSSR count). The standard InChI is InChI=1S/C15H11F3N4OS/c1-22-8-9(7-19-22)5-12-13(21-14(23)24-12)20-11-4-2-3-10(6-11)15(16,17)18/h2-8H,1H3,(H,20,21,23)/b12-5+. The lowest BCUT2D eigenvalue weighted by Gasteiger charge is -2.07. The molecule has 5 nitrogen and oxygen atoms in total. The minimum atomic E-state index is -4.45. The number of aliphatic imine (C=N–C) groups is 1. The molecule has 1 saturated heterocycles. The second kappa shape index (κ2) is 6.16. The number of rotatable bonds is 2. The average Bonchev–Trinajstić information content (AvgIpc) is 3.05. The van der Waals surface area contributed by atoms with Crippen LogP contribution in [0.1, 0.15) is 11.1 Å². The number of benzene rings is 1. The van der Waals surface area contributed by atoms with Gasteiger partial charge in [-0.05, 0) is 36.0 Å². The maximum atomic E-state index is 12.8. The van der Waals surface area contributed by atoms with Crippen molar-refractivity contribution in [2.75, 3.05) is 0 Å². The smallest absolute Gasteiger partial charge is 0.300 e. The largest absolute Gasteiger partial charge is 0.416 e. The summed E-state index contributed by atoms with van der Waals surface area (Å²) < 4.78 is 39.9. The van der Waals surface area contributed by atoms with Crippen molar-refractivity contribution in [3.8, 4) is 0 Å². The number of carbonyl (C=O) groups is 1. The van der Waals surface area contributed by atoms with Gasteiger partial charge in [0.05, 0.1) is 22.4 Å². The maximum absolute atomic E-state index is 12.8. The second-order valence-electron chi connectivity index (χ2n) is 4.98. The van der Waals surface area contributed by atoms with E-state index in [1.165, 1.54) is 12.1 Å². The number of carbonyl (C=O) groups excluding carboxylic acids is 1. The van der Waals surface area contributed by atoms with Crippen LogP contribution in [0.25, 0.3) is 6.08 Å². The first-order valence-corrected chi connectivity index (χ1v) is 7.58. The molecule has 1 aliphatic heterocycles. The Balaban J connectivity index is 1.96. The van der Waals surface area contributed by atoms with E-state index in [1.54, 1.807) is 30.2 Å². The average molecular weight is 352 g/mol. The lowest BCUT2D eigenvalue weighted by molar-refractivity contribution is -0.137. The van der Waals surface area contributed by atoms with Gasteiger partial charge in [-0.3, -0.25) is 9.48 Å². The molecular formula is C15H11F3N4OS. The number of thioether (sulfide) groups is 1. The molecule has 2 aromatic rings. The van der Waals surface area contributed by atoms with E-state index < -0.39 is 11.7 Å². The third kappa shape index (κ3) is 3.67. The number of alkyl halides is 3. The lowest BCUT2D eigenvalue weighted by atomic mass is 10.2. The number of hydrogen-bond acceptors (Lipinski definition) is 4. The number of amides is 1. The van der Waals surface area contributed by atoms with Crippen LogP contribution in [0, 0.1) is 0 Å². The Morgan fingerprint density at radius 1 is 1.38 bits per heavy atom. The summed E-state index contributed by atoms with van der Waals surface area (Å²) in [6, 6.07) is 4.62. The van der Waals surface area contributed by atoms with Crippen LogP contribution in [-0.4, -0.2) is 20.9 Å². The third-order valence-electron chi connectivity index (χ3n) is 3.09. The van der Waals surface area contributed by atoms with Crippen LogP contribution in [0.5, 0.6) is 0 Å². The van der Waals surface area contributed by atoms with Gasteiger partial charge >= 0.3 is 6.18 Å². The third-order valence-corrected chi connectivity index (χ3v) is 3.91. The molecule has 24 heavy (non-hydrogen) atoms. The van der Waals surface area contributed by atoms with Gasteiger partial charge in [-0.15, -0.1) is 0 Å². The molecule has 1 aromatic carbocycles. The van der Waals surface area contributed by atoms with E-state index in [9.17, 15) is 18.0 Å². The Bertz CT molecular complexity index is 854. The minimum absolute atomic E-state index is 0.111. The Hall–Kier alpha value is -2.55. The van der Waals surface area contributed by atoms with Crippen molar-refractivity contribution in [3.05, 3.63) is 52.7 Å². The Morgan fingerprint density at radius 2 is 2.17 bits per heavy atom. The second-order valence-corrected chi connectivity index (χ2v) is 5.99. The Labute approximate surface area is 139 Å². The fraction of sp³-hybridized carbons (Fsp3) is 0.133. The predicted molar refractivity (Wildman–Crippen MR) is 85.8 cm³/mol. The molecule has 1 aromatic heterocycles. The summed E-state index contributed by atoms with van der Waals surface area (Å²) in [5.41, 5.74) is 0.0760. The van der Waals surface area contributed by atoms with Crippen LogP contribution in [0.15, 0.2) is 46.6 Å². The highest BCUT2D eigenvalue weighted by Crippen LogP contribution is 2.33.